The van der Waals surface area contributed by atoms with Crippen LogP contribution < -0.4 is 5.32 Å². The molecule has 3 amide bonds. The summed E-state index contributed by atoms with van der Waals surface area (Å²) in [5, 5.41) is 2.77. The third-order valence-corrected chi connectivity index (χ3v) is 4.35. The van der Waals surface area contributed by atoms with Crippen LogP contribution in [0.15, 0.2) is 48.5 Å². The van der Waals surface area contributed by atoms with Crippen LogP contribution in [0, 0.1) is 0 Å². The van der Waals surface area contributed by atoms with E-state index < -0.39 is 23.8 Å². The summed E-state index contributed by atoms with van der Waals surface area (Å²) < 4.78 is 0. The predicted molar refractivity (Wildman–Crippen MR) is 95.5 cm³/mol. The van der Waals surface area contributed by atoms with Crippen molar-refractivity contribution in [2.45, 2.75) is 32.7 Å². The molecule has 128 valence electrons. The molecular formula is C20H20N2O3. The molecule has 1 N–H and O–H groups in total. The van der Waals surface area contributed by atoms with Gasteiger partial charge in [-0.2, -0.15) is 0 Å². The second kappa shape index (κ2) is 6.89. The summed E-state index contributed by atoms with van der Waals surface area (Å²) in [4.78, 5) is 38.4. The van der Waals surface area contributed by atoms with Crippen LogP contribution in [0.4, 0.5) is 5.69 Å². The van der Waals surface area contributed by atoms with Crippen molar-refractivity contribution in [3.8, 4) is 0 Å². The number of benzene rings is 2. The Labute approximate surface area is 146 Å². The van der Waals surface area contributed by atoms with Gasteiger partial charge in [-0.3, -0.25) is 19.3 Å². The van der Waals surface area contributed by atoms with Crippen LogP contribution in [-0.2, 0) is 11.2 Å². The van der Waals surface area contributed by atoms with Crippen molar-refractivity contribution in [3.63, 3.8) is 0 Å². The van der Waals surface area contributed by atoms with Crippen LogP contribution in [0.1, 0.15) is 46.5 Å². The highest BCUT2D eigenvalue weighted by atomic mass is 16.2. The van der Waals surface area contributed by atoms with Gasteiger partial charge < -0.3 is 5.32 Å². The van der Waals surface area contributed by atoms with E-state index in [-0.39, 0.29) is 0 Å². The fourth-order valence-electron chi connectivity index (χ4n) is 2.97. The zero-order chi connectivity index (χ0) is 18.0. The summed E-state index contributed by atoms with van der Waals surface area (Å²) in [6.07, 6.45) is 2.04. The molecule has 0 saturated heterocycles. The third kappa shape index (κ3) is 3.18. The highest BCUT2D eigenvalue weighted by Crippen LogP contribution is 2.25. The van der Waals surface area contributed by atoms with Crippen LogP contribution in [0.5, 0.6) is 0 Å². The van der Waals surface area contributed by atoms with Gasteiger partial charge in [0.1, 0.15) is 6.04 Å². The zero-order valence-corrected chi connectivity index (χ0v) is 14.3. The van der Waals surface area contributed by atoms with Crippen LogP contribution in [-0.4, -0.2) is 28.7 Å². The summed E-state index contributed by atoms with van der Waals surface area (Å²) in [5.41, 5.74) is 2.54. The van der Waals surface area contributed by atoms with E-state index in [1.807, 2.05) is 24.3 Å². The molecule has 0 saturated carbocycles. The fourth-order valence-corrected chi connectivity index (χ4v) is 2.97. The molecule has 2 aromatic rings. The molecule has 0 spiro atoms. The largest absolute Gasteiger partial charge is 0.324 e. The number of aryl methyl sites for hydroxylation is 1. The monoisotopic (exact) mass is 336 g/mol. The van der Waals surface area contributed by atoms with Crippen LogP contribution in [0.2, 0.25) is 0 Å². The molecule has 25 heavy (non-hydrogen) atoms. The number of carbonyl (C=O) groups excluding carboxylic acids is 3. The van der Waals surface area contributed by atoms with E-state index in [2.05, 4.69) is 12.2 Å². The molecule has 1 aliphatic rings. The lowest BCUT2D eigenvalue weighted by Gasteiger charge is -2.21. The van der Waals surface area contributed by atoms with Crippen molar-refractivity contribution in [2.75, 3.05) is 5.32 Å². The van der Waals surface area contributed by atoms with Crippen molar-refractivity contribution in [3.05, 3.63) is 65.2 Å². The van der Waals surface area contributed by atoms with Crippen molar-refractivity contribution >= 4 is 23.4 Å². The van der Waals surface area contributed by atoms with E-state index in [1.165, 1.54) is 5.56 Å². The molecule has 1 aliphatic heterocycles. The maximum atomic E-state index is 12.5. The molecule has 5 heteroatoms. The summed E-state index contributed by atoms with van der Waals surface area (Å²) in [5.74, 6) is -1.25. The fraction of sp³-hybridized carbons (Fsp3) is 0.250. The summed E-state index contributed by atoms with van der Waals surface area (Å²) in [6.45, 7) is 3.67. The van der Waals surface area contributed by atoms with Gasteiger partial charge in [-0.1, -0.05) is 37.6 Å². The van der Waals surface area contributed by atoms with E-state index in [0.717, 1.165) is 17.7 Å². The van der Waals surface area contributed by atoms with Gasteiger partial charge in [0, 0.05) is 5.69 Å². The third-order valence-electron chi connectivity index (χ3n) is 4.35. The van der Waals surface area contributed by atoms with Crippen molar-refractivity contribution < 1.29 is 14.4 Å². The van der Waals surface area contributed by atoms with Gasteiger partial charge in [-0.25, -0.2) is 0 Å². The molecule has 0 radical (unpaired) electrons. The number of hydrogen-bond acceptors (Lipinski definition) is 3. The maximum Gasteiger partial charge on any atom is 0.262 e. The lowest BCUT2D eigenvalue weighted by atomic mass is 10.1. The Balaban J connectivity index is 1.73. The first-order chi connectivity index (χ1) is 12.0. The quantitative estimate of drug-likeness (QED) is 0.852. The molecule has 2 aromatic carbocycles. The van der Waals surface area contributed by atoms with Gasteiger partial charge in [0.05, 0.1) is 11.1 Å². The Morgan fingerprint density at radius 2 is 1.56 bits per heavy atom. The maximum absolute atomic E-state index is 12.5. The molecule has 3 rings (SSSR count). The minimum absolute atomic E-state index is 0.344. The first-order valence-electron chi connectivity index (χ1n) is 8.39. The standard InChI is InChI=1S/C20H20N2O3/c1-3-6-14-9-11-15(12-10-14)21-18(23)13(2)22-19(24)16-7-4-5-8-17(16)20(22)25/h4-5,7-13H,3,6H2,1-2H3,(H,21,23). The molecule has 1 unspecified atom stereocenters. The number of anilines is 1. The van der Waals surface area contributed by atoms with Gasteiger partial charge in [0.2, 0.25) is 5.91 Å². The van der Waals surface area contributed by atoms with Crippen molar-refractivity contribution in [1.82, 2.24) is 4.90 Å². The highest BCUT2D eigenvalue weighted by Gasteiger charge is 2.40. The van der Waals surface area contributed by atoms with E-state index in [0.29, 0.717) is 16.8 Å². The number of carbonyl (C=O) groups is 3. The average molecular weight is 336 g/mol. The topological polar surface area (TPSA) is 66.5 Å². The van der Waals surface area contributed by atoms with E-state index in [1.54, 1.807) is 31.2 Å². The predicted octanol–water partition coefficient (Wildman–Crippen LogP) is 3.26. The summed E-state index contributed by atoms with van der Waals surface area (Å²) in [6, 6.07) is 13.3. The van der Waals surface area contributed by atoms with Gasteiger partial charge in [0.25, 0.3) is 11.8 Å². The lowest BCUT2D eigenvalue weighted by Crippen LogP contribution is -2.45. The van der Waals surface area contributed by atoms with Crippen LogP contribution in [0.3, 0.4) is 0 Å². The van der Waals surface area contributed by atoms with E-state index in [9.17, 15) is 14.4 Å². The molecular weight excluding hydrogens is 316 g/mol. The Bertz CT molecular complexity index is 792. The Morgan fingerprint density at radius 3 is 2.08 bits per heavy atom. The molecule has 0 fully saturated rings. The average Bonchev–Trinajstić information content (AvgIpc) is 2.87. The minimum atomic E-state index is -0.886. The molecule has 0 bridgehead atoms. The molecule has 0 aliphatic carbocycles. The van der Waals surface area contributed by atoms with Crippen molar-refractivity contribution in [1.29, 1.82) is 0 Å². The first-order valence-corrected chi connectivity index (χ1v) is 8.39. The summed E-state index contributed by atoms with van der Waals surface area (Å²) in [7, 11) is 0. The van der Waals surface area contributed by atoms with E-state index >= 15 is 0 Å². The van der Waals surface area contributed by atoms with Gasteiger partial charge in [0.15, 0.2) is 0 Å². The Morgan fingerprint density at radius 1 is 1.00 bits per heavy atom. The highest BCUT2D eigenvalue weighted by molar-refractivity contribution is 6.23. The number of hydrogen-bond donors (Lipinski definition) is 1. The SMILES string of the molecule is CCCc1ccc(NC(=O)C(C)N2C(=O)c3ccccc3C2=O)cc1. The van der Waals surface area contributed by atoms with Crippen LogP contribution in [0.25, 0.3) is 0 Å². The molecule has 0 aromatic heterocycles. The number of amides is 3. The number of nitrogens with zero attached hydrogens (tertiary/aromatic N) is 1. The molecule has 1 atom stereocenters. The number of fused-ring (bicyclic) bond motifs is 1. The number of imide groups is 1. The smallest absolute Gasteiger partial charge is 0.262 e. The Hall–Kier alpha value is -2.95. The Kier molecular flexibility index (Phi) is 4.65. The first kappa shape index (κ1) is 16.9. The van der Waals surface area contributed by atoms with Gasteiger partial charge in [-0.15, -0.1) is 0 Å². The van der Waals surface area contributed by atoms with E-state index in [4.69, 9.17) is 0 Å². The second-order valence-electron chi connectivity index (χ2n) is 6.14. The molecule has 5 nitrogen and oxygen atoms in total. The molecule has 1 heterocycles. The number of rotatable bonds is 5. The van der Waals surface area contributed by atoms with Gasteiger partial charge >= 0.3 is 0 Å². The normalized spacial score (nSPS) is 14.4. The summed E-state index contributed by atoms with van der Waals surface area (Å²) >= 11 is 0. The van der Waals surface area contributed by atoms with Gasteiger partial charge in [-0.05, 0) is 43.2 Å². The minimum Gasteiger partial charge on any atom is -0.324 e. The zero-order valence-electron chi connectivity index (χ0n) is 14.3. The van der Waals surface area contributed by atoms with Crippen LogP contribution >= 0.6 is 0 Å². The second-order valence-corrected chi connectivity index (χ2v) is 6.14. The lowest BCUT2D eigenvalue weighted by molar-refractivity contribution is -0.119. The number of nitrogens with one attached hydrogen (secondary N) is 1. The van der Waals surface area contributed by atoms with Crippen molar-refractivity contribution in [2.24, 2.45) is 0 Å².